The topological polar surface area (TPSA) is 102 Å². The summed E-state index contributed by atoms with van der Waals surface area (Å²) in [6.07, 6.45) is -0.935. The number of thiophene rings is 1. The van der Waals surface area contributed by atoms with Crippen LogP contribution in [0.4, 0.5) is 11.4 Å². The Balaban J connectivity index is 1.61. The first kappa shape index (κ1) is 18.7. The van der Waals surface area contributed by atoms with Crippen LogP contribution in [0.25, 0.3) is 0 Å². The molecule has 0 fully saturated rings. The average molecular weight is 407 g/mol. The number of nitrogens with two attached hydrogens (primary N) is 1. The van der Waals surface area contributed by atoms with Gasteiger partial charge in [-0.2, -0.15) is 0 Å². The normalized spacial score (nSPS) is 15.2. The van der Waals surface area contributed by atoms with E-state index in [1.807, 2.05) is 5.38 Å². The zero-order valence-electron chi connectivity index (χ0n) is 15.2. The van der Waals surface area contributed by atoms with Crippen LogP contribution in [0, 0.1) is 0 Å². The molecular weight excluding hydrogens is 390 g/mol. The number of amides is 3. The first-order valence-electron chi connectivity index (χ1n) is 8.85. The van der Waals surface area contributed by atoms with Crippen molar-refractivity contribution in [3.63, 3.8) is 0 Å². The summed E-state index contributed by atoms with van der Waals surface area (Å²) in [6.45, 7) is 0.0109. The largest absolute Gasteiger partial charge is 0.477 e. The quantitative estimate of drug-likeness (QED) is 0.694. The van der Waals surface area contributed by atoms with Crippen molar-refractivity contribution in [2.45, 2.75) is 6.10 Å². The summed E-state index contributed by atoms with van der Waals surface area (Å²) in [4.78, 5) is 39.2. The van der Waals surface area contributed by atoms with E-state index in [-0.39, 0.29) is 18.4 Å². The van der Waals surface area contributed by atoms with Crippen molar-refractivity contribution in [1.82, 2.24) is 0 Å². The van der Waals surface area contributed by atoms with Gasteiger partial charge in [0, 0.05) is 11.3 Å². The molecule has 3 aromatic rings. The van der Waals surface area contributed by atoms with E-state index in [1.54, 1.807) is 60.7 Å². The van der Waals surface area contributed by atoms with E-state index in [4.69, 9.17) is 10.5 Å². The average Bonchev–Trinajstić information content (AvgIpc) is 3.27. The molecule has 1 atom stereocenters. The number of carbonyl (C=O) groups is 3. The van der Waals surface area contributed by atoms with Crippen LogP contribution in [0.3, 0.4) is 0 Å². The lowest BCUT2D eigenvalue weighted by molar-refractivity contribution is -0.124. The number of nitrogens with zero attached hydrogens (tertiary/aromatic N) is 1. The third-order valence-corrected chi connectivity index (χ3v) is 5.32. The van der Waals surface area contributed by atoms with E-state index in [0.717, 1.165) is 0 Å². The zero-order chi connectivity index (χ0) is 20.4. The Bertz CT molecular complexity index is 1080. The number of primary amides is 1. The SMILES string of the molecule is NC(=O)C1CN(C(=O)c2cccc(NC(=O)c3cccs3)c2)c2ccccc2O1. The molecule has 0 spiro atoms. The van der Waals surface area contributed by atoms with Crippen LogP contribution in [0.5, 0.6) is 5.75 Å². The number of hydrogen-bond donors (Lipinski definition) is 2. The monoisotopic (exact) mass is 407 g/mol. The van der Waals surface area contributed by atoms with Gasteiger partial charge in [-0.25, -0.2) is 0 Å². The highest BCUT2D eigenvalue weighted by atomic mass is 32.1. The lowest BCUT2D eigenvalue weighted by Crippen LogP contribution is -2.49. The smallest absolute Gasteiger partial charge is 0.265 e. The molecule has 1 aromatic heterocycles. The number of ether oxygens (including phenoxy) is 1. The summed E-state index contributed by atoms with van der Waals surface area (Å²) in [6, 6.07) is 17.1. The predicted octanol–water partition coefficient (Wildman–Crippen LogP) is 2.89. The Morgan fingerprint density at radius 1 is 1.07 bits per heavy atom. The highest BCUT2D eigenvalue weighted by Crippen LogP contribution is 2.34. The molecule has 2 aromatic carbocycles. The number of para-hydroxylation sites is 2. The Morgan fingerprint density at radius 3 is 2.66 bits per heavy atom. The van der Waals surface area contributed by atoms with E-state index in [2.05, 4.69) is 5.32 Å². The molecule has 1 aliphatic heterocycles. The van der Waals surface area contributed by atoms with Gasteiger partial charge in [-0.05, 0) is 41.8 Å². The number of rotatable bonds is 4. The lowest BCUT2D eigenvalue weighted by atomic mass is 10.1. The van der Waals surface area contributed by atoms with E-state index in [9.17, 15) is 14.4 Å². The minimum Gasteiger partial charge on any atom is -0.477 e. The van der Waals surface area contributed by atoms with Gasteiger partial charge < -0.3 is 20.7 Å². The van der Waals surface area contributed by atoms with Crippen LogP contribution in [0.15, 0.2) is 66.0 Å². The molecule has 0 radical (unpaired) electrons. The number of carbonyl (C=O) groups excluding carboxylic acids is 3. The minimum atomic E-state index is -0.935. The third kappa shape index (κ3) is 3.83. The van der Waals surface area contributed by atoms with Gasteiger partial charge in [-0.3, -0.25) is 14.4 Å². The molecule has 2 heterocycles. The molecule has 0 saturated heterocycles. The highest BCUT2D eigenvalue weighted by molar-refractivity contribution is 7.12. The van der Waals surface area contributed by atoms with Crippen molar-refractivity contribution in [3.05, 3.63) is 76.5 Å². The van der Waals surface area contributed by atoms with Crippen molar-refractivity contribution in [2.75, 3.05) is 16.8 Å². The molecule has 1 unspecified atom stereocenters. The maximum absolute atomic E-state index is 13.2. The van der Waals surface area contributed by atoms with Crippen molar-refractivity contribution in [2.24, 2.45) is 5.73 Å². The van der Waals surface area contributed by atoms with Crippen molar-refractivity contribution >= 4 is 40.4 Å². The molecule has 3 N–H and O–H groups in total. The molecule has 1 aliphatic rings. The molecule has 7 nitrogen and oxygen atoms in total. The fourth-order valence-corrected chi connectivity index (χ4v) is 3.68. The van der Waals surface area contributed by atoms with Gasteiger partial charge >= 0.3 is 0 Å². The summed E-state index contributed by atoms with van der Waals surface area (Å²) in [5.74, 6) is -0.790. The van der Waals surface area contributed by atoms with Crippen LogP contribution in [0.2, 0.25) is 0 Å². The van der Waals surface area contributed by atoms with Gasteiger partial charge in [0.15, 0.2) is 6.10 Å². The van der Waals surface area contributed by atoms with E-state index in [1.165, 1.54) is 16.2 Å². The number of nitrogens with one attached hydrogen (secondary N) is 1. The number of anilines is 2. The highest BCUT2D eigenvalue weighted by Gasteiger charge is 2.33. The summed E-state index contributed by atoms with van der Waals surface area (Å²) >= 11 is 1.33. The Kier molecular flexibility index (Phi) is 5.01. The van der Waals surface area contributed by atoms with Gasteiger partial charge in [0.05, 0.1) is 17.1 Å². The fraction of sp³-hybridized carbons (Fsp3) is 0.0952. The molecule has 8 heteroatoms. The number of hydrogen-bond acceptors (Lipinski definition) is 5. The maximum atomic E-state index is 13.2. The summed E-state index contributed by atoms with van der Waals surface area (Å²) < 4.78 is 5.60. The third-order valence-electron chi connectivity index (χ3n) is 4.45. The molecule has 0 aliphatic carbocycles. The van der Waals surface area contributed by atoms with Crippen LogP contribution in [-0.4, -0.2) is 30.4 Å². The van der Waals surface area contributed by atoms with Gasteiger partial charge in [0.25, 0.3) is 17.7 Å². The second kappa shape index (κ2) is 7.76. The molecule has 4 rings (SSSR count). The predicted molar refractivity (Wildman–Crippen MR) is 110 cm³/mol. The van der Waals surface area contributed by atoms with Crippen LogP contribution < -0.4 is 20.7 Å². The van der Waals surface area contributed by atoms with Gasteiger partial charge in [0.2, 0.25) is 0 Å². The second-order valence-corrected chi connectivity index (χ2v) is 7.35. The minimum absolute atomic E-state index is 0.0109. The Labute approximate surface area is 170 Å². The van der Waals surface area contributed by atoms with E-state index in [0.29, 0.717) is 27.6 Å². The standard InChI is InChI=1S/C21H17N3O4S/c22-19(25)17-12-24(15-7-1-2-8-16(15)28-17)21(27)13-5-3-6-14(11-13)23-20(26)18-9-4-10-29-18/h1-11,17H,12H2,(H2,22,25)(H,23,26). The van der Waals surface area contributed by atoms with Crippen LogP contribution in [0.1, 0.15) is 20.0 Å². The Morgan fingerprint density at radius 2 is 1.90 bits per heavy atom. The van der Waals surface area contributed by atoms with Crippen molar-refractivity contribution in [3.8, 4) is 5.75 Å². The molecule has 3 amide bonds. The Hall–Kier alpha value is -3.65. The van der Waals surface area contributed by atoms with E-state index >= 15 is 0 Å². The van der Waals surface area contributed by atoms with Crippen molar-refractivity contribution in [1.29, 1.82) is 0 Å². The van der Waals surface area contributed by atoms with Gasteiger partial charge in [-0.1, -0.05) is 24.3 Å². The number of fused-ring (bicyclic) bond motifs is 1. The first-order chi connectivity index (χ1) is 14.0. The molecule has 0 bridgehead atoms. The second-order valence-electron chi connectivity index (χ2n) is 6.40. The molecule has 29 heavy (non-hydrogen) atoms. The first-order valence-corrected chi connectivity index (χ1v) is 9.72. The van der Waals surface area contributed by atoms with Gasteiger partial charge in [0.1, 0.15) is 5.75 Å². The van der Waals surface area contributed by atoms with E-state index < -0.39 is 12.0 Å². The molecule has 146 valence electrons. The van der Waals surface area contributed by atoms with Gasteiger partial charge in [-0.15, -0.1) is 11.3 Å². The number of benzene rings is 2. The summed E-state index contributed by atoms with van der Waals surface area (Å²) in [5.41, 5.74) is 6.83. The van der Waals surface area contributed by atoms with Crippen LogP contribution in [-0.2, 0) is 4.79 Å². The lowest BCUT2D eigenvalue weighted by Gasteiger charge is -2.33. The van der Waals surface area contributed by atoms with Crippen LogP contribution >= 0.6 is 11.3 Å². The molecular formula is C21H17N3O4S. The summed E-state index contributed by atoms with van der Waals surface area (Å²) in [5, 5.41) is 4.61. The van der Waals surface area contributed by atoms with Crippen molar-refractivity contribution < 1.29 is 19.1 Å². The fourth-order valence-electron chi connectivity index (χ4n) is 3.06. The zero-order valence-corrected chi connectivity index (χ0v) is 16.0. The maximum Gasteiger partial charge on any atom is 0.265 e. The molecule has 0 saturated carbocycles. The summed E-state index contributed by atoms with van der Waals surface area (Å²) in [7, 11) is 0.